The zero-order valence-corrected chi connectivity index (χ0v) is 22.5. The first-order valence-electron chi connectivity index (χ1n) is 11.3. The molecular formula is C24H25N3O6S3. The maximum absolute atomic E-state index is 12.5. The minimum Gasteiger partial charge on any atom is -0.465 e. The molecule has 4 rings (SSSR count). The number of nitrogens with zero attached hydrogens (tertiary/aromatic N) is 2. The van der Waals surface area contributed by atoms with Gasteiger partial charge >= 0.3 is 11.9 Å². The normalized spacial score (nSPS) is 13.0. The van der Waals surface area contributed by atoms with Crippen LogP contribution in [0.3, 0.4) is 0 Å². The number of aromatic nitrogens is 1. The number of esters is 2. The van der Waals surface area contributed by atoms with E-state index in [9.17, 15) is 19.2 Å². The number of thioether (sulfide) groups is 1. The molecule has 12 heteroatoms. The van der Waals surface area contributed by atoms with E-state index in [-0.39, 0.29) is 23.3 Å². The van der Waals surface area contributed by atoms with Crippen LogP contribution in [0.5, 0.6) is 0 Å². The Hall–Kier alpha value is -2.96. The standard InChI is InChI=1S/C24H25N3O6S3/c1-4-27-15-9-8-13(22(30)32-2)10-17(15)36-24(27)26-19(29)12-34-11-18(28)25-21-20(23(31)33-3)14-6-5-7-16(14)35-21/h8-10H,4-7,11-12H2,1-3H3,(H,25,28). The highest BCUT2D eigenvalue weighted by atomic mass is 32.2. The van der Waals surface area contributed by atoms with E-state index in [0.29, 0.717) is 27.5 Å². The Morgan fingerprint density at radius 3 is 2.58 bits per heavy atom. The molecule has 2 aromatic heterocycles. The van der Waals surface area contributed by atoms with Gasteiger partial charge in [-0.25, -0.2) is 9.59 Å². The number of fused-ring (bicyclic) bond motifs is 2. The number of amides is 2. The lowest BCUT2D eigenvalue weighted by molar-refractivity contribution is -0.115. The summed E-state index contributed by atoms with van der Waals surface area (Å²) >= 11 is 3.89. The van der Waals surface area contributed by atoms with Crippen molar-refractivity contribution in [2.24, 2.45) is 4.99 Å². The zero-order valence-electron chi connectivity index (χ0n) is 20.0. The first-order chi connectivity index (χ1) is 17.4. The van der Waals surface area contributed by atoms with Crippen molar-refractivity contribution in [1.29, 1.82) is 0 Å². The van der Waals surface area contributed by atoms with E-state index >= 15 is 0 Å². The molecule has 1 aromatic carbocycles. The molecule has 1 aliphatic rings. The van der Waals surface area contributed by atoms with Gasteiger partial charge in [-0.3, -0.25) is 9.59 Å². The highest BCUT2D eigenvalue weighted by Crippen LogP contribution is 2.39. The fourth-order valence-electron chi connectivity index (χ4n) is 4.05. The van der Waals surface area contributed by atoms with Gasteiger partial charge in [-0.05, 0) is 49.9 Å². The van der Waals surface area contributed by atoms with Gasteiger partial charge in [0, 0.05) is 11.4 Å². The molecule has 3 aromatic rings. The Balaban J connectivity index is 1.40. The molecule has 1 aliphatic carbocycles. The lowest BCUT2D eigenvalue weighted by Gasteiger charge is -2.06. The number of carbonyl (C=O) groups excluding carboxylic acids is 4. The summed E-state index contributed by atoms with van der Waals surface area (Å²) in [7, 11) is 2.66. The van der Waals surface area contributed by atoms with Gasteiger partial charge < -0.3 is 19.4 Å². The average Bonchev–Trinajstić information content (AvgIpc) is 3.54. The second-order valence-corrected chi connectivity index (χ2v) is 11.0. The van der Waals surface area contributed by atoms with Crippen molar-refractivity contribution >= 4 is 73.4 Å². The SMILES string of the molecule is CCn1c(=NC(=O)CSCC(=O)Nc2sc3c(c2C(=O)OC)CCC3)sc2cc(C(=O)OC)ccc21. The van der Waals surface area contributed by atoms with Crippen LogP contribution in [0.15, 0.2) is 23.2 Å². The molecule has 0 unspecified atom stereocenters. The topological polar surface area (TPSA) is 116 Å². The highest BCUT2D eigenvalue weighted by Gasteiger charge is 2.28. The lowest BCUT2D eigenvalue weighted by atomic mass is 10.1. The number of methoxy groups -OCH3 is 2. The Morgan fingerprint density at radius 1 is 1.08 bits per heavy atom. The molecule has 1 N–H and O–H groups in total. The van der Waals surface area contributed by atoms with E-state index in [4.69, 9.17) is 9.47 Å². The Labute approximate surface area is 219 Å². The minimum absolute atomic E-state index is 0.0313. The Morgan fingerprint density at radius 2 is 1.86 bits per heavy atom. The molecule has 9 nitrogen and oxygen atoms in total. The molecule has 0 atom stereocenters. The highest BCUT2D eigenvalue weighted by molar-refractivity contribution is 8.00. The van der Waals surface area contributed by atoms with E-state index in [0.717, 1.165) is 51.7 Å². The van der Waals surface area contributed by atoms with Crippen molar-refractivity contribution in [2.45, 2.75) is 32.7 Å². The number of carbonyl (C=O) groups is 4. The van der Waals surface area contributed by atoms with E-state index in [1.807, 2.05) is 17.6 Å². The van der Waals surface area contributed by atoms with Crippen molar-refractivity contribution in [3.8, 4) is 0 Å². The number of anilines is 1. The summed E-state index contributed by atoms with van der Waals surface area (Å²) in [6.45, 7) is 2.55. The van der Waals surface area contributed by atoms with Gasteiger partial charge in [0.05, 0.1) is 47.1 Å². The third kappa shape index (κ3) is 5.40. The van der Waals surface area contributed by atoms with Gasteiger partial charge in [0.15, 0.2) is 4.80 Å². The van der Waals surface area contributed by atoms with E-state index in [1.54, 1.807) is 12.1 Å². The fourth-order valence-corrected chi connectivity index (χ4v) is 7.09. The van der Waals surface area contributed by atoms with E-state index < -0.39 is 11.9 Å². The van der Waals surface area contributed by atoms with Gasteiger partial charge in [0.25, 0.3) is 5.91 Å². The summed E-state index contributed by atoms with van der Waals surface area (Å²) in [5.41, 5.74) is 2.72. The molecule has 0 aliphatic heterocycles. The van der Waals surface area contributed by atoms with Gasteiger partial charge in [-0.15, -0.1) is 23.1 Å². The van der Waals surface area contributed by atoms with Crippen molar-refractivity contribution in [3.05, 3.63) is 44.6 Å². The van der Waals surface area contributed by atoms with Crippen LogP contribution in [-0.4, -0.2) is 54.0 Å². The summed E-state index contributed by atoms with van der Waals surface area (Å²) in [4.78, 5) is 55.0. The Kier molecular flexibility index (Phi) is 8.27. The van der Waals surface area contributed by atoms with Crippen LogP contribution in [0.25, 0.3) is 10.2 Å². The van der Waals surface area contributed by atoms with Gasteiger partial charge in [-0.2, -0.15) is 4.99 Å². The predicted octanol–water partition coefficient (Wildman–Crippen LogP) is 3.65. The first-order valence-corrected chi connectivity index (χ1v) is 14.0. The number of rotatable bonds is 8. The number of thiazole rings is 1. The molecule has 2 amide bonds. The van der Waals surface area contributed by atoms with E-state index in [1.165, 1.54) is 36.9 Å². The molecule has 36 heavy (non-hydrogen) atoms. The maximum Gasteiger partial charge on any atom is 0.341 e. The number of hydrogen-bond acceptors (Lipinski definition) is 9. The zero-order chi connectivity index (χ0) is 25.8. The number of ether oxygens (including phenoxy) is 2. The van der Waals surface area contributed by atoms with Gasteiger partial charge in [-0.1, -0.05) is 11.3 Å². The van der Waals surface area contributed by atoms with Crippen LogP contribution in [0, 0.1) is 0 Å². The number of benzene rings is 1. The monoisotopic (exact) mass is 547 g/mol. The van der Waals surface area contributed by atoms with Crippen molar-refractivity contribution in [1.82, 2.24) is 4.57 Å². The summed E-state index contributed by atoms with van der Waals surface area (Å²) < 4.78 is 12.4. The minimum atomic E-state index is -0.447. The molecule has 0 saturated heterocycles. The summed E-state index contributed by atoms with van der Waals surface area (Å²) in [6, 6.07) is 5.22. The van der Waals surface area contributed by atoms with Crippen LogP contribution in [0.1, 0.15) is 44.5 Å². The largest absolute Gasteiger partial charge is 0.465 e. The second kappa shape index (κ2) is 11.4. The average molecular weight is 548 g/mol. The number of hydrogen-bond donors (Lipinski definition) is 1. The lowest BCUT2D eigenvalue weighted by Crippen LogP contribution is -2.18. The predicted molar refractivity (Wildman–Crippen MR) is 141 cm³/mol. The van der Waals surface area contributed by atoms with Crippen LogP contribution in [0.4, 0.5) is 5.00 Å². The fraction of sp³-hybridized carbons (Fsp3) is 0.375. The maximum atomic E-state index is 12.5. The van der Waals surface area contributed by atoms with Gasteiger partial charge in [0.1, 0.15) is 5.00 Å². The molecule has 0 bridgehead atoms. The molecule has 2 heterocycles. The number of thiophene rings is 1. The number of nitrogens with one attached hydrogen (secondary N) is 1. The molecule has 0 fully saturated rings. The van der Waals surface area contributed by atoms with Crippen molar-refractivity contribution in [2.75, 3.05) is 31.0 Å². The van der Waals surface area contributed by atoms with Crippen LogP contribution >= 0.6 is 34.4 Å². The molecular weight excluding hydrogens is 522 g/mol. The van der Waals surface area contributed by atoms with Crippen LogP contribution in [-0.2, 0) is 38.4 Å². The van der Waals surface area contributed by atoms with Gasteiger partial charge in [0.2, 0.25) is 5.91 Å². The van der Waals surface area contributed by atoms with E-state index in [2.05, 4.69) is 10.3 Å². The molecule has 0 spiro atoms. The summed E-state index contributed by atoms with van der Waals surface area (Å²) in [5, 5.41) is 3.32. The second-order valence-electron chi connectivity index (χ2n) is 7.90. The smallest absolute Gasteiger partial charge is 0.341 e. The first kappa shape index (κ1) is 26.1. The quantitative estimate of drug-likeness (QED) is 0.428. The van der Waals surface area contributed by atoms with Crippen LogP contribution in [0.2, 0.25) is 0 Å². The Bertz CT molecular complexity index is 1420. The van der Waals surface area contributed by atoms with Crippen molar-refractivity contribution < 1.29 is 28.7 Å². The summed E-state index contributed by atoms with van der Waals surface area (Å²) in [6.07, 6.45) is 2.69. The summed E-state index contributed by atoms with van der Waals surface area (Å²) in [5.74, 6) is -1.45. The van der Waals surface area contributed by atoms with Crippen LogP contribution < -0.4 is 10.1 Å². The molecule has 190 valence electrons. The third-order valence-electron chi connectivity index (χ3n) is 5.66. The number of aryl methyl sites for hydroxylation is 2. The molecule has 0 saturated carbocycles. The molecule has 0 radical (unpaired) electrons. The van der Waals surface area contributed by atoms with Crippen molar-refractivity contribution in [3.63, 3.8) is 0 Å². The third-order valence-corrected chi connectivity index (χ3v) is 8.83.